The maximum absolute atomic E-state index is 9.20. The SMILES string of the molecule is C=C.ClC1C(Cl)C(Cl)C(Cl)C(Cl)C1Cl.N.Oc1c(Cl)c(Cl)c(Cl)c(Cl)c1Cl. The molecule has 27 heavy (non-hydrogen) atoms. The second kappa shape index (κ2) is 14.1. The van der Waals surface area contributed by atoms with Crippen LogP contribution < -0.4 is 6.15 Å². The van der Waals surface area contributed by atoms with Gasteiger partial charge in [0.25, 0.3) is 0 Å². The zero-order valence-electron chi connectivity index (χ0n) is 13.2. The van der Waals surface area contributed by atoms with Crippen LogP contribution in [0.3, 0.4) is 0 Å². The zero-order chi connectivity index (χ0) is 20.9. The van der Waals surface area contributed by atoms with Crippen molar-refractivity contribution in [3.63, 3.8) is 0 Å². The molecule has 0 aromatic heterocycles. The number of phenols is 1. The fraction of sp³-hybridized carbons (Fsp3) is 0.429. The standard InChI is InChI=1S/C6H6Cl6.C6HCl5O.C2H4.H3N/c2*7-1-2(8)4(10)6(12)5(11)3(1)9;1-2;/h1-6H;12H;1-2H2;1H3. The summed E-state index contributed by atoms with van der Waals surface area (Å²) < 4.78 is 0. The van der Waals surface area contributed by atoms with Crippen LogP contribution in [0.5, 0.6) is 5.75 Å². The molecule has 1 fully saturated rings. The van der Waals surface area contributed by atoms with E-state index in [-0.39, 0.29) is 37.0 Å². The van der Waals surface area contributed by atoms with Crippen molar-refractivity contribution < 1.29 is 5.11 Å². The van der Waals surface area contributed by atoms with Crippen molar-refractivity contribution in [1.29, 1.82) is 0 Å². The molecule has 1 saturated carbocycles. The Morgan fingerprint density at radius 2 is 0.630 bits per heavy atom. The predicted molar refractivity (Wildman–Crippen MR) is 127 cm³/mol. The number of benzene rings is 1. The molecule has 0 unspecified atom stereocenters. The van der Waals surface area contributed by atoms with E-state index >= 15 is 0 Å². The minimum atomic E-state index is -0.437. The molecule has 1 aliphatic rings. The Hall–Kier alpha value is 1.91. The van der Waals surface area contributed by atoms with E-state index in [2.05, 4.69) is 13.2 Å². The van der Waals surface area contributed by atoms with Crippen LogP contribution >= 0.6 is 128 Å². The monoisotopic (exact) mass is 597 g/mol. The first kappa shape index (κ1) is 31.1. The lowest BCUT2D eigenvalue weighted by Gasteiger charge is -2.37. The molecule has 0 bridgehead atoms. The normalized spacial score (nSPS) is 29.4. The summed E-state index contributed by atoms with van der Waals surface area (Å²) >= 11 is 63.2. The van der Waals surface area contributed by atoms with Gasteiger partial charge < -0.3 is 11.3 Å². The molecule has 0 radical (unpaired) electrons. The average Bonchev–Trinajstić information content (AvgIpc) is 2.66. The highest BCUT2D eigenvalue weighted by atomic mass is 35.5. The first-order chi connectivity index (χ1) is 11.9. The van der Waals surface area contributed by atoms with Crippen LogP contribution in [0.15, 0.2) is 13.2 Å². The third kappa shape index (κ3) is 7.52. The molecule has 0 saturated heterocycles. The molecular formula is C14H14Cl11NO. The van der Waals surface area contributed by atoms with E-state index in [0.717, 1.165) is 0 Å². The summed E-state index contributed by atoms with van der Waals surface area (Å²) in [6, 6.07) is 0. The van der Waals surface area contributed by atoms with Crippen molar-refractivity contribution in [2.75, 3.05) is 0 Å². The highest BCUT2D eigenvalue weighted by molar-refractivity contribution is 6.55. The molecule has 0 heterocycles. The van der Waals surface area contributed by atoms with Gasteiger partial charge in [0.2, 0.25) is 0 Å². The van der Waals surface area contributed by atoms with Crippen molar-refractivity contribution in [2.24, 2.45) is 0 Å². The van der Waals surface area contributed by atoms with Crippen molar-refractivity contribution in [2.45, 2.75) is 32.3 Å². The Labute approximate surface area is 213 Å². The topological polar surface area (TPSA) is 55.2 Å². The molecule has 2 rings (SSSR count). The van der Waals surface area contributed by atoms with E-state index in [1.54, 1.807) is 0 Å². The maximum atomic E-state index is 9.20. The molecule has 158 valence electrons. The van der Waals surface area contributed by atoms with Gasteiger partial charge >= 0.3 is 0 Å². The van der Waals surface area contributed by atoms with E-state index in [4.69, 9.17) is 128 Å². The molecule has 1 aliphatic carbocycles. The second-order valence-corrected chi connectivity index (χ2v) is 9.50. The van der Waals surface area contributed by atoms with Gasteiger partial charge in [-0.15, -0.1) is 82.8 Å². The highest BCUT2D eigenvalue weighted by Crippen LogP contribution is 2.47. The van der Waals surface area contributed by atoms with E-state index in [9.17, 15) is 5.11 Å². The van der Waals surface area contributed by atoms with Gasteiger partial charge in [-0.1, -0.05) is 58.0 Å². The summed E-state index contributed by atoms with van der Waals surface area (Å²) in [4.78, 5) is 0. The third-order valence-electron chi connectivity index (χ3n) is 3.01. The molecule has 0 atom stereocenters. The lowest BCUT2D eigenvalue weighted by Crippen LogP contribution is -2.52. The minimum Gasteiger partial charge on any atom is -0.505 e. The maximum Gasteiger partial charge on any atom is 0.155 e. The van der Waals surface area contributed by atoms with Gasteiger partial charge in [0, 0.05) is 0 Å². The van der Waals surface area contributed by atoms with Crippen LogP contribution in [0.1, 0.15) is 0 Å². The molecule has 2 nitrogen and oxygen atoms in total. The largest absolute Gasteiger partial charge is 0.505 e. The van der Waals surface area contributed by atoms with Gasteiger partial charge in [-0.3, -0.25) is 0 Å². The quantitative estimate of drug-likeness (QED) is 0.135. The van der Waals surface area contributed by atoms with E-state index in [0.29, 0.717) is 0 Å². The summed E-state index contributed by atoms with van der Waals surface area (Å²) in [5, 5.41) is 6.39. The van der Waals surface area contributed by atoms with Crippen molar-refractivity contribution >= 4 is 128 Å². The summed E-state index contributed by atoms with van der Waals surface area (Å²) in [6.07, 6.45) is 0. The van der Waals surface area contributed by atoms with Gasteiger partial charge in [0.1, 0.15) is 10.0 Å². The number of rotatable bonds is 0. The van der Waals surface area contributed by atoms with Crippen molar-refractivity contribution in [3.8, 4) is 5.75 Å². The van der Waals surface area contributed by atoms with Gasteiger partial charge in [-0.2, -0.15) is 0 Å². The smallest absolute Gasteiger partial charge is 0.155 e. The van der Waals surface area contributed by atoms with Gasteiger partial charge in [-0.25, -0.2) is 0 Å². The third-order valence-corrected chi connectivity index (χ3v) is 9.30. The first-order valence-corrected chi connectivity index (χ1v) is 11.0. The Morgan fingerprint density at radius 1 is 0.481 bits per heavy atom. The molecule has 0 spiro atoms. The number of halogens is 11. The fourth-order valence-corrected chi connectivity index (χ4v) is 5.10. The lowest BCUT2D eigenvalue weighted by atomic mass is 9.97. The number of alkyl halides is 6. The van der Waals surface area contributed by atoms with Crippen molar-refractivity contribution in [1.82, 2.24) is 6.15 Å². The lowest BCUT2D eigenvalue weighted by molar-refractivity contribution is 0.476. The summed E-state index contributed by atoms with van der Waals surface area (Å²) in [7, 11) is 0. The van der Waals surface area contributed by atoms with Crippen LogP contribution in [0.25, 0.3) is 0 Å². The summed E-state index contributed by atoms with van der Waals surface area (Å²) in [5.41, 5.74) is 0. The molecule has 13 heteroatoms. The van der Waals surface area contributed by atoms with Gasteiger partial charge in [-0.05, 0) is 0 Å². The molecule has 0 aliphatic heterocycles. The Morgan fingerprint density at radius 3 is 0.815 bits per heavy atom. The molecule has 1 aromatic rings. The Balaban J connectivity index is 0. The number of phenolic OH excluding ortho intramolecular Hbond substituents is 1. The Bertz CT molecular complexity index is 454. The average molecular weight is 602 g/mol. The first-order valence-electron chi connectivity index (χ1n) is 6.48. The van der Waals surface area contributed by atoms with Crippen LogP contribution in [-0.4, -0.2) is 37.4 Å². The van der Waals surface area contributed by atoms with Crippen molar-refractivity contribution in [3.05, 3.63) is 38.3 Å². The van der Waals surface area contributed by atoms with Crippen LogP contribution in [0.4, 0.5) is 0 Å². The number of hydrogen-bond donors (Lipinski definition) is 2. The molecule has 1 aromatic carbocycles. The Kier molecular flexibility index (Phi) is 16.2. The molecule has 4 N–H and O–H groups in total. The van der Waals surface area contributed by atoms with E-state index in [1.165, 1.54) is 0 Å². The minimum absolute atomic E-state index is 0. The van der Waals surface area contributed by atoms with E-state index < -0.39 is 32.3 Å². The molecular weight excluding hydrogens is 588 g/mol. The second-order valence-electron chi connectivity index (χ2n) is 4.59. The fourth-order valence-electron chi connectivity index (χ4n) is 1.65. The van der Waals surface area contributed by atoms with Crippen LogP contribution in [0.2, 0.25) is 25.1 Å². The predicted octanol–water partition coefficient (Wildman–Crippen LogP) is 9.27. The highest BCUT2D eigenvalue weighted by Gasteiger charge is 2.46. The zero-order valence-corrected chi connectivity index (χ0v) is 21.5. The van der Waals surface area contributed by atoms with Crippen LogP contribution in [-0.2, 0) is 0 Å². The molecule has 0 amide bonds. The van der Waals surface area contributed by atoms with Gasteiger partial charge in [0.05, 0.1) is 47.3 Å². The van der Waals surface area contributed by atoms with Crippen LogP contribution in [0, 0.1) is 0 Å². The number of hydrogen-bond acceptors (Lipinski definition) is 2. The van der Waals surface area contributed by atoms with E-state index in [1.807, 2.05) is 0 Å². The van der Waals surface area contributed by atoms with Gasteiger partial charge in [0.15, 0.2) is 5.75 Å². The number of aromatic hydroxyl groups is 1. The summed E-state index contributed by atoms with van der Waals surface area (Å²) in [6.45, 7) is 6.00. The summed E-state index contributed by atoms with van der Waals surface area (Å²) in [5.74, 6) is -0.363.